The Morgan fingerprint density at radius 2 is 0.467 bits per heavy atom. The van der Waals surface area contributed by atoms with Gasteiger partial charge in [0.05, 0.1) is 0 Å². The molecule has 9 aromatic heterocycles. The van der Waals surface area contributed by atoms with Crippen LogP contribution in [-0.4, -0.2) is 109 Å². The average Bonchev–Trinajstić information content (AvgIpc) is 1.58. The fourth-order valence-electron chi connectivity index (χ4n) is 10.7. The largest absolute Gasteiger partial charge is 2.00 e. The predicted octanol–water partition coefficient (Wildman–Crippen LogP) is 14.5. The van der Waals surface area contributed by atoms with Crippen LogP contribution in [0.2, 0.25) is 0 Å². The van der Waals surface area contributed by atoms with Crippen LogP contribution in [0.5, 0.6) is 0 Å². The molecule has 12 aromatic rings. The van der Waals surface area contributed by atoms with E-state index in [1.807, 2.05) is 0 Å². The minimum absolute atomic E-state index is 0. The van der Waals surface area contributed by atoms with Crippen LogP contribution in [0.25, 0.3) is 37.6 Å². The van der Waals surface area contributed by atoms with Gasteiger partial charge in [-0.3, -0.25) is 0 Å². The first kappa shape index (κ1) is 95.8. The van der Waals surface area contributed by atoms with Crippen molar-refractivity contribution in [2.45, 2.75) is 80.8 Å². The Balaban J connectivity index is 0.000000225. The van der Waals surface area contributed by atoms with Gasteiger partial charge < -0.3 is 46.2 Å². The van der Waals surface area contributed by atoms with Gasteiger partial charge in [0, 0.05) is 39.6 Å². The number of benzene rings is 3. The van der Waals surface area contributed by atoms with Crippen LogP contribution >= 0.6 is 0 Å². The van der Waals surface area contributed by atoms with Crippen LogP contribution in [-0.2, 0) is 93.3 Å². The fourth-order valence-corrected chi connectivity index (χ4v) is 10.7. The second-order valence-corrected chi connectivity index (χ2v) is 23.6. The van der Waals surface area contributed by atoms with Crippen molar-refractivity contribution >= 4 is 59.9 Å². The van der Waals surface area contributed by atoms with Gasteiger partial charge in [0.1, 0.15) is 52.0 Å². The molecule has 0 unspecified atom stereocenters. The summed E-state index contributed by atoms with van der Waals surface area (Å²) >= 11 is 0. The minimum Gasteiger partial charge on any atom is -0.415 e. The number of hydrogen-bond donors (Lipinski definition) is 0. The van der Waals surface area contributed by atoms with Gasteiger partial charge in [-0.25, -0.2) is 67.1 Å². The normalized spacial score (nSPS) is 13.2. The second-order valence-electron chi connectivity index (χ2n) is 23.6. The Morgan fingerprint density at radius 3 is 0.672 bits per heavy atom. The number of fused-ring (bicyclic) bond motifs is 3. The van der Waals surface area contributed by atoms with Crippen LogP contribution in [0.15, 0.2) is 72.8 Å². The van der Waals surface area contributed by atoms with Crippen LogP contribution in [0, 0.1) is 64.1 Å². The SMILES string of the molecule is CC(F)(F)c1cc(C(F)(F)F)n([B-](n2nc(C(F)(F)F)cc2C(F)(F)F)n2nc(C(F)(F)F)cc2C(F)(F)F)n1.FC(F)(F)c1cc(C(F)(F)F)n([B-](n2nc(C(F)(F)F)cc2C(F)(F)F)n2nc(C(F)(F)F)cc2C(F)(F)F)n1.[C-]#[N+]c1nn([B-](n2nc(C#N)c3cc(F)c(F)cc32)n2nc(C#N)c3cc(F)c(F)cc32)c2cc(F)c(F)cc12.[Li+].[Zn+2]. The molecule has 21 nitrogen and oxygen atoms in total. The van der Waals surface area contributed by atoms with Gasteiger partial charge in [-0.1, -0.05) is 11.7 Å². The predicted molar refractivity (Wildman–Crippen MR) is 308 cm³/mol. The van der Waals surface area contributed by atoms with Crippen molar-refractivity contribution in [1.29, 1.82) is 10.5 Å². The molecule has 122 heavy (non-hydrogen) atoms. The van der Waals surface area contributed by atoms with E-state index in [1.54, 1.807) is 12.1 Å². The third-order valence-corrected chi connectivity index (χ3v) is 15.6. The molecule has 12 rings (SSSR count). The summed E-state index contributed by atoms with van der Waals surface area (Å²) in [5, 5.41) is 45.1. The number of aromatic nitrogens is 18. The zero-order valence-electron chi connectivity index (χ0n) is 57.3. The molecular weight excluding hydrogens is 1840 g/mol. The summed E-state index contributed by atoms with van der Waals surface area (Å²) in [6.07, 6.45) is -66.0. The molecule has 3 aromatic carbocycles. The number of rotatable bonds is 10. The van der Waals surface area contributed by atoms with E-state index in [0.29, 0.717) is 36.4 Å². The smallest absolute Gasteiger partial charge is 0.415 e. The standard InChI is InChI=1S/C24H6BF6N9.C16H6BF17N6.C15H3BF18N6.Li.Zn/c1-34-24-12-4-15(28)18(31)7-23(12)40(37-24)25(38-21-5-16(29)13(26)2-10(21)19(8-32)35-38)39-22-6-17(30)14(27)3-11(22)20(9-33)36-39;1-11(18,19)5-2-8(14(26,27)28)38(35-5)17(39-9(15(29,30)31)3-6(36-39)12(20,21)22)40-10(16(32,33)34)4-7(37-40)13(23,24)25;17-10(18,19)4-1-7(13(26,27)28)38(35-4)16(39-8(14(29,30)31)2-5(36-39)11(20,21)22)40-9(15(32,33)34)3-6(37-40)12(23,24)25;;/h2-7H;2-4H,1H3;1-3H;;/q3*-1;+1;+2. The molecule has 0 atom stereocenters. The van der Waals surface area contributed by atoms with Gasteiger partial charge >= 0.3 is 106 Å². The van der Waals surface area contributed by atoms with Crippen LogP contribution in [0.3, 0.4) is 0 Å². The van der Waals surface area contributed by atoms with E-state index < -0.39 is 280 Å². The van der Waals surface area contributed by atoms with Crippen molar-refractivity contribution in [3.8, 4) is 12.1 Å². The van der Waals surface area contributed by atoms with Crippen molar-refractivity contribution in [3.05, 3.63) is 199 Å². The molecule has 0 fully saturated rings. The Bertz CT molecular complexity index is 5320. The number of halogens is 41. The first-order valence-corrected chi connectivity index (χ1v) is 30.0. The molecule has 0 N–H and O–H groups in total. The van der Waals surface area contributed by atoms with E-state index in [-0.39, 0.29) is 78.0 Å². The Labute approximate surface area is 665 Å². The third-order valence-electron chi connectivity index (χ3n) is 15.6. The zero-order valence-corrected chi connectivity index (χ0v) is 60.2. The summed E-state index contributed by atoms with van der Waals surface area (Å²) in [6.45, 7) is 7.34. The molecule has 9 heterocycles. The van der Waals surface area contributed by atoms with Crippen LogP contribution < -0.4 is 18.9 Å². The summed E-state index contributed by atoms with van der Waals surface area (Å²) in [6, 6.07) is 2.45. The average molecular weight is 1850 g/mol. The van der Waals surface area contributed by atoms with Crippen molar-refractivity contribution in [1.82, 2.24) is 87.2 Å². The Hall–Kier alpha value is -11.7. The maximum absolute atomic E-state index is 14.4. The molecule has 0 saturated heterocycles. The minimum atomic E-state index is -6.15. The van der Waals surface area contributed by atoms with Gasteiger partial charge in [-0.15, -0.1) is 0 Å². The Morgan fingerprint density at radius 1 is 0.279 bits per heavy atom. The summed E-state index contributed by atoms with van der Waals surface area (Å²) in [7, 11) is -9.67. The van der Waals surface area contributed by atoms with E-state index in [4.69, 9.17) is 6.57 Å². The van der Waals surface area contributed by atoms with E-state index in [1.165, 1.54) is 0 Å². The molecule has 0 amide bonds. The number of nitriles is 2. The van der Waals surface area contributed by atoms with Crippen molar-refractivity contribution in [2.24, 2.45) is 0 Å². The van der Waals surface area contributed by atoms with Crippen molar-refractivity contribution < 1.29 is 218 Å². The molecule has 0 aliphatic rings. The summed E-state index contributed by atoms with van der Waals surface area (Å²) in [5.41, 5.74) is -33.2. The second kappa shape index (κ2) is 31.7. The molecule has 0 aliphatic carbocycles. The molecule has 0 spiro atoms. The quantitative estimate of drug-likeness (QED) is 0.0713. The number of hydrogen-bond acceptors (Lipinski definition) is 11. The summed E-state index contributed by atoms with van der Waals surface area (Å²) in [4.78, 5) is 3.22. The first-order chi connectivity index (χ1) is 54.4. The molecule has 0 bridgehead atoms. The van der Waals surface area contributed by atoms with Gasteiger partial charge in [0.2, 0.25) is 0 Å². The summed E-state index contributed by atoms with van der Waals surface area (Å²) in [5.74, 6) is -12.7. The van der Waals surface area contributed by atoms with Gasteiger partial charge in [-0.2, -0.15) is 164 Å². The molecule has 0 saturated carbocycles. The van der Waals surface area contributed by atoms with E-state index in [9.17, 15) is 191 Å². The first-order valence-electron chi connectivity index (χ1n) is 30.0. The summed E-state index contributed by atoms with van der Waals surface area (Å²) < 4.78 is 551. The maximum Gasteiger partial charge on any atom is 2.00 e. The van der Waals surface area contributed by atoms with Crippen LogP contribution in [0.4, 0.5) is 186 Å². The monoisotopic (exact) mass is 1850 g/mol. The van der Waals surface area contributed by atoms with Crippen molar-refractivity contribution in [2.75, 3.05) is 0 Å². The molecular formula is C55H15B3F41LiN21Zn. The molecule has 0 aliphatic heterocycles. The fraction of sp³-hybridized carbons (Fsp3) is 0.236. The third kappa shape index (κ3) is 18.7. The van der Waals surface area contributed by atoms with Crippen LogP contribution in [0.1, 0.15) is 86.6 Å². The van der Waals surface area contributed by atoms with E-state index in [2.05, 4.69) is 50.7 Å². The van der Waals surface area contributed by atoms with Gasteiger partial charge in [0.25, 0.3) is 33.1 Å². The maximum atomic E-state index is 14.4. The van der Waals surface area contributed by atoms with E-state index in [0.717, 1.165) is 13.8 Å². The zero-order chi connectivity index (χ0) is 90.5. The molecule has 3 radical (unpaired) electrons. The van der Waals surface area contributed by atoms with Gasteiger partial charge in [0.15, 0.2) is 74.8 Å². The molecule has 639 valence electrons. The topological polar surface area (TPSA) is 212 Å². The number of alkyl halides is 35. The number of nitrogens with zero attached hydrogens (tertiary/aromatic N) is 21. The van der Waals surface area contributed by atoms with Gasteiger partial charge in [-0.05, 0) is 72.8 Å². The van der Waals surface area contributed by atoms with Crippen molar-refractivity contribution in [3.63, 3.8) is 0 Å². The van der Waals surface area contributed by atoms with E-state index >= 15 is 0 Å². The molecule has 67 heteroatoms. The Kier molecular flexibility index (Phi) is 24.9.